The Kier molecular flexibility index (Phi) is 3.81. The molecule has 0 saturated carbocycles. The molecule has 1 saturated heterocycles. The molecule has 0 spiro atoms. The topological polar surface area (TPSA) is 51.0 Å². The van der Waals surface area contributed by atoms with Gasteiger partial charge in [-0.05, 0) is 35.1 Å². The lowest BCUT2D eigenvalue weighted by Gasteiger charge is -2.33. The van der Waals surface area contributed by atoms with Crippen LogP contribution in [0.15, 0.2) is 54.9 Å². The van der Waals surface area contributed by atoms with Crippen LogP contribution in [-0.2, 0) is 11.8 Å². The van der Waals surface area contributed by atoms with E-state index in [0.717, 1.165) is 42.9 Å². The number of hydrogen-bond acceptors (Lipinski definition) is 3. The molecule has 1 aromatic heterocycles. The van der Waals surface area contributed by atoms with Gasteiger partial charge in [0.2, 0.25) is 5.91 Å². The van der Waals surface area contributed by atoms with E-state index in [1.54, 1.807) is 6.33 Å². The number of amides is 1. The van der Waals surface area contributed by atoms with E-state index in [2.05, 4.69) is 46.6 Å². The monoisotopic (exact) mass is 358 g/mol. The van der Waals surface area contributed by atoms with Crippen molar-refractivity contribution in [2.24, 2.45) is 7.05 Å². The van der Waals surface area contributed by atoms with Gasteiger partial charge in [0, 0.05) is 26.1 Å². The van der Waals surface area contributed by atoms with Gasteiger partial charge in [-0.25, -0.2) is 0 Å². The van der Waals surface area contributed by atoms with Gasteiger partial charge in [0.05, 0.1) is 5.92 Å². The van der Waals surface area contributed by atoms with Crippen molar-refractivity contribution in [2.45, 2.75) is 24.7 Å². The normalized spacial score (nSPS) is 17.0. The smallest absolute Gasteiger partial charge is 0.234 e. The maximum Gasteiger partial charge on any atom is 0.234 e. The molecule has 1 aliphatic carbocycles. The minimum absolute atomic E-state index is 0.177. The second kappa shape index (κ2) is 6.34. The van der Waals surface area contributed by atoms with Gasteiger partial charge in [-0.15, -0.1) is 10.2 Å². The zero-order chi connectivity index (χ0) is 18.4. The number of rotatable bonds is 2. The molecule has 0 radical (unpaired) electrons. The molecule has 5 nitrogen and oxygen atoms in total. The molecule has 5 rings (SSSR count). The highest BCUT2D eigenvalue weighted by Crippen LogP contribution is 2.45. The third kappa shape index (κ3) is 2.57. The Morgan fingerprint density at radius 3 is 2.11 bits per heavy atom. The van der Waals surface area contributed by atoms with Crippen LogP contribution in [0.5, 0.6) is 0 Å². The highest BCUT2D eigenvalue weighted by molar-refractivity contribution is 5.96. The highest BCUT2D eigenvalue weighted by atomic mass is 16.2. The third-order valence-electron chi connectivity index (χ3n) is 6.00. The molecule has 2 aromatic carbocycles. The second-order valence-electron chi connectivity index (χ2n) is 7.51. The van der Waals surface area contributed by atoms with Crippen LogP contribution < -0.4 is 0 Å². The first-order valence-electron chi connectivity index (χ1n) is 9.55. The maximum absolute atomic E-state index is 13.5. The Balaban J connectivity index is 1.40. The Bertz CT molecular complexity index is 955. The van der Waals surface area contributed by atoms with E-state index in [0.29, 0.717) is 5.92 Å². The van der Waals surface area contributed by atoms with E-state index in [9.17, 15) is 4.79 Å². The van der Waals surface area contributed by atoms with Crippen molar-refractivity contribution in [1.82, 2.24) is 19.7 Å². The molecular weight excluding hydrogens is 336 g/mol. The number of carbonyl (C=O) groups is 1. The van der Waals surface area contributed by atoms with Gasteiger partial charge in [-0.1, -0.05) is 48.5 Å². The molecule has 1 aliphatic heterocycles. The Hall–Kier alpha value is -2.95. The molecule has 3 aromatic rings. The lowest BCUT2D eigenvalue weighted by Crippen LogP contribution is -2.40. The average molecular weight is 358 g/mol. The van der Waals surface area contributed by atoms with Crippen molar-refractivity contribution in [3.63, 3.8) is 0 Å². The number of aryl methyl sites for hydroxylation is 1. The summed E-state index contributed by atoms with van der Waals surface area (Å²) in [7, 11) is 1.99. The molecular formula is C22H22N4O. The van der Waals surface area contributed by atoms with Gasteiger partial charge in [-0.3, -0.25) is 4.79 Å². The van der Waals surface area contributed by atoms with E-state index in [-0.39, 0.29) is 11.8 Å². The third-order valence-corrected chi connectivity index (χ3v) is 6.00. The molecule has 1 amide bonds. The van der Waals surface area contributed by atoms with Crippen molar-refractivity contribution in [3.05, 3.63) is 71.8 Å². The minimum Gasteiger partial charge on any atom is -0.342 e. The van der Waals surface area contributed by atoms with Crippen molar-refractivity contribution >= 4 is 5.91 Å². The van der Waals surface area contributed by atoms with Crippen LogP contribution >= 0.6 is 0 Å². The summed E-state index contributed by atoms with van der Waals surface area (Å²) < 4.78 is 1.99. The van der Waals surface area contributed by atoms with E-state index < -0.39 is 0 Å². The molecule has 0 N–H and O–H groups in total. The van der Waals surface area contributed by atoms with Gasteiger partial charge >= 0.3 is 0 Å². The fourth-order valence-electron chi connectivity index (χ4n) is 4.62. The van der Waals surface area contributed by atoms with E-state index in [1.165, 1.54) is 11.1 Å². The Morgan fingerprint density at radius 1 is 0.963 bits per heavy atom. The summed E-state index contributed by atoms with van der Waals surface area (Å²) in [5.41, 5.74) is 4.67. The summed E-state index contributed by atoms with van der Waals surface area (Å²) in [6.45, 7) is 1.55. The van der Waals surface area contributed by atoms with Crippen molar-refractivity contribution in [1.29, 1.82) is 0 Å². The predicted molar refractivity (Wildman–Crippen MR) is 103 cm³/mol. The molecule has 136 valence electrons. The van der Waals surface area contributed by atoms with Crippen molar-refractivity contribution < 1.29 is 4.79 Å². The average Bonchev–Trinajstić information content (AvgIpc) is 3.29. The molecule has 0 bridgehead atoms. The fraction of sp³-hybridized carbons (Fsp3) is 0.318. The molecule has 1 fully saturated rings. The number of piperidine rings is 1. The Labute approximate surface area is 158 Å². The van der Waals surface area contributed by atoms with Gasteiger partial charge in [0.25, 0.3) is 0 Å². The largest absolute Gasteiger partial charge is 0.342 e. The minimum atomic E-state index is -0.177. The number of nitrogens with zero attached hydrogens (tertiary/aromatic N) is 4. The SMILES string of the molecule is Cn1cnnc1C1CCN(C(=O)C2c3ccccc3-c3ccccc32)CC1. The maximum atomic E-state index is 13.5. The van der Waals surface area contributed by atoms with Crippen LogP contribution in [0.2, 0.25) is 0 Å². The number of aromatic nitrogens is 3. The Morgan fingerprint density at radius 2 is 1.56 bits per heavy atom. The van der Waals surface area contributed by atoms with E-state index in [1.807, 2.05) is 28.6 Å². The second-order valence-corrected chi connectivity index (χ2v) is 7.51. The van der Waals surface area contributed by atoms with Crippen LogP contribution in [0.1, 0.15) is 41.6 Å². The van der Waals surface area contributed by atoms with Crippen LogP contribution in [0.3, 0.4) is 0 Å². The summed E-state index contributed by atoms with van der Waals surface area (Å²) in [5.74, 6) is 1.45. The van der Waals surface area contributed by atoms with Crippen molar-refractivity contribution in [3.8, 4) is 11.1 Å². The van der Waals surface area contributed by atoms with Gasteiger partial charge in [0.15, 0.2) is 0 Å². The molecule has 5 heteroatoms. The number of hydrogen-bond donors (Lipinski definition) is 0. The summed E-state index contributed by atoms with van der Waals surface area (Å²) in [6, 6.07) is 16.6. The standard InChI is InChI=1S/C22H22N4O/c1-25-14-23-24-21(25)15-10-12-26(13-11-15)22(27)20-18-8-4-2-6-16(18)17-7-3-5-9-19(17)20/h2-9,14-15,20H,10-13H2,1H3. The van der Waals surface area contributed by atoms with Gasteiger partial charge in [0.1, 0.15) is 12.2 Å². The zero-order valence-electron chi connectivity index (χ0n) is 15.4. The molecule has 2 aliphatic rings. The van der Waals surface area contributed by atoms with E-state index >= 15 is 0 Å². The zero-order valence-corrected chi connectivity index (χ0v) is 15.4. The van der Waals surface area contributed by atoms with Crippen LogP contribution in [0.25, 0.3) is 11.1 Å². The predicted octanol–water partition coefficient (Wildman–Crippen LogP) is 3.33. The molecule has 27 heavy (non-hydrogen) atoms. The highest BCUT2D eigenvalue weighted by Gasteiger charge is 2.37. The summed E-state index contributed by atoms with van der Waals surface area (Å²) >= 11 is 0. The van der Waals surface area contributed by atoms with Crippen LogP contribution in [-0.4, -0.2) is 38.7 Å². The fourth-order valence-corrected chi connectivity index (χ4v) is 4.62. The molecule has 2 heterocycles. The molecule has 0 unspecified atom stereocenters. The van der Waals surface area contributed by atoms with Crippen LogP contribution in [0.4, 0.5) is 0 Å². The quantitative estimate of drug-likeness (QED) is 0.706. The summed E-state index contributed by atoms with van der Waals surface area (Å²) in [5, 5.41) is 8.25. The lowest BCUT2D eigenvalue weighted by atomic mass is 9.91. The molecule has 0 atom stereocenters. The van der Waals surface area contributed by atoms with Gasteiger partial charge < -0.3 is 9.47 Å². The number of carbonyl (C=O) groups excluding carboxylic acids is 1. The van der Waals surface area contributed by atoms with Crippen LogP contribution in [0, 0.1) is 0 Å². The summed E-state index contributed by atoms with van der Waals surface area (Å²) in [4.78, 5) is 15.5. The summed E-state index contributed by atoms with van der Waals surface area (Å²) in [6.07, 6.45) is 3.63. The lowest BCUT2D eigenvalue weighted by molar-refractivity contribution is -0.132. The first-order valence-corrected chi connectivity index (χ1v) is 9.55. The first kappa shape index (κ1) is 16.2. The number of fused-ring (bicyclic) bond motifs is 3. The number of benzene rings is 2. The van der Waals surface area contributed by atoms with E-state index in [4.69, 9.17) is 0 Å². The number of likely N-dealkylation sites (tertiary alicyclic amines) is 1. The first-order chi connectivity index (χ1) is 13.2. The van der Waals surface area contributed by atoms with Gasteiger partial charge in [-0.2, -0.15) is 0 Å². The van der Waals surface area contributed by atoms with Crippen molar-refractivity contribution in [2.75, 3.05) is 13.1 Å².